The average molecular weight is 310 g/mol. The zero-order valence-electron chi connectivity index (χ0n) is 12.0. The Morgan fingerprint density at radius 3 is 2.81 bits per heavy atom. The minimum absolute atomic E-state index is 0.182. The van der Waals surface area contributed by atoms with Gasteiger partial charge >= 0.3 is 5.97 Å². The summed E-state index contributed by atoms with van der Waals surface area (Å²) in [5, 5.41) is 0. The number of aliphatic imine (C=N–C) groups is 1. The van der Waals surface area contributed by atoms with Gasteiger partial charge in [0.2, 0.25) is 0 Å². The number of carbonyl (C=O) groups is 1. The van der Waals surface area contributed by atoms with Crippen molar-refractivity contribution in [2.45, 2.75) is 37.6 Å². The Morgan fingerprint density at radius 1 is 1.38 bits per heavy atom. The molecular formula is C14H18N2O4S. The standard InChI is InChI=1S/C14H18N2O4S/c1-3-20-13(17)9-8-10(2)15-14-11-6-4-5-7-12(11)21(18,19)16-14/h4-7,10H,3,8-9H2,1-2H3,(H,15,16). The summed E-state index contributed by atoms with van der Waals surface area (Å²) >= 11 is 0. The molecule has 0 fully saturated rings. The van der Waals surface area contributed by atoms with Crippen molar-refractivity contribution in [1.82, 2.24) is 4.72 Å². The Balaban J connectivity index is 2.11. The maximum absolute atomic E-state index is 11.9. The predicted molar refractivity (Wildman–Crippen MR) is 78.6 cm³/mol. The first-order valence-electron chi connectivity index (χ1n) is 6.79. The molecule has 1 aliphatic rings. The van der Waals surface area contributed by atoms with Gasteiger partial charge in [0.05, 0.1) is 17.5 Å². The van der Waals surface area contributed by atoms with Gasteiger partial charge in [-0.05, 0) is 32.4 Å². The van der Waals surface area contributed by atoms with Crippen molar-refractivity contribution in [3.8, 4) is 0 Å². The summed E-state index contributed by atoms with van der Waals surface area (Å²) in [7, 11) is -3.51. The molecule has 1 heterocycles. The third kappa shape index (κ3) is 3.60. The van der Waals surface area contributed by atoms with Crippen LogP contribution in [-0.4, -0.2) is 32.9 Å². The quantitative estimate of drug-likeness (QED) is 0.834. The molecule has 7 heteroatoms. The van der Waals surface area contributed by atoms with Crippen molar-refractivity contribution in [3.05, 3.63) is 29.8 Å². The highest BCUT2D eigenvalue weighted by Gasteiger charge is 2.30. The molecule has 2 rings (SSSR count). The Morgan fingerprint density at radius 2 is 2.10 bits per heavy atom. The predicted octanol–water partition coefficient (Wildman–Crippen LogP) is 1.46. The van der Waals surface area contributed by atoms with E-state index in [-0.39, 0.29) is 23.3 Å². The summed E-state index contributed by atoms with van der Waals surface area (Å²) in [6.45, 7) is 3.95. The highest BCUT2D eigenvalue weighted by molar-refractivity contribution is 7.90. The zero-order chi connectivity index (χ0) is 15.5. The van der Waals surface area contributed by atoms with E-state index in [1.165, 1.54) is 0 Å². The molecule has 0 aliphatic carbocycles. The van der Waals surface area contributed by atoms with Crippen LogP contribution in [0.1, 0.15) is 32.3 Å². The van der Waals surface area contributed by atoms with Crippen LogP contribution in [0.15, 0.2) is 34.2 Å². The number of esters is 1. The van der Waals surface area contributed by atoms with Crippen molar-refractivity contribution in [2.24, 2.45) is 4.99 Å². The second-order valence-electron chi connectivity index (χ2n) is 4.77. The highest BCUT2D eigenvalue weighted by Crippen LogP contribution is 2.22. The lowest BCUT2D eigenvalue weighted by Gasteiger charge is -2.07. The molecule has 0 amide bonds. The Hall–Kier alpha value is -1.89. The number of benzene rings is 1. The molecule has 114 valence electrons. The van der Waals surface area contributed by atoms with Crippen molar-refractivity contribution >= 4 is 21.8 Å². The second kappa shape index (κ2) is 6.26. The van der Waals surface area contributed by atoms with Gasteiger partial charge in [0.25, 0.3) is 10.0 Å². The summed E-state index contributed by atoms with van der Waals surface area (Å²) < 4.78 is 31.2. The fraction of sp³-hybridized carbons (Fsp3) is 0.429. The zero-order valence-corrected chi connectivity index (χ0v) is 12.8. The fourth-order valence-corrected chi connectivity index (χ4v) is 3.31. The lowest BCUT2D eigenvalue weighted by molar-refractivity contribution is -0.143. The van der Waals surface area contributed by atoms with E-state index in [1.807, 2.05) is 6.92 Å². The van der Waals surface area contributed by atoms with E-state index in [0.29, 0.717) is 24.4 Å². The number of hydrogen-bond acceptors (Lipinski definition) is 5. The number of nitrogens with zero attached hydrogens (tertiary/aromatic N) is 1. The van der Waals surface area contributed by atoms with E-state index >= 15 is 0 Å². The van der Waals surface area contributed by atoms with Gasteiger partial charge in [-0.3, -0.25) is 14.5 Å². The lowest BCUT2D eigenvalue weighted by Crippen LogP contribution is -2.23. The lowest BCUT2D eigenvalue weighted by atomic mass is 10.1. The molecule has 0 saturated heterocycles. The Bertz CT molecular complexity index is 667. The average Bonchev–Trinajstić information content (AvgIpc) is 2.69. The van der Waals surface area contributed by atoms with E-state index < -0.39 is 10.0 Å². The van der Waals surface area contributed by atoms with E-state index in [1.54, 1.807) is 31.2 Å². The molecule has 0 radical (unpaired) electrons. The minimum Gasteiger partial charge on any atom is -0.466 e. The third-order valence-corrected chi connectivity index (χ3v) is 4.48. The van der Waals surface area contributed by atoms with E-state index in [4.69, 9.17) is 4.74 Å². The monoisotopic (exact) mass is 310 g/mol. The van der Waals surface area contributed by atoms with Crippen LogP contribution in [0, 0.1) is 0 Å². The molecule has 1 aliphatic heterocycles. The Kier molecular flexibility index (Phi) is 4.62. The summed E-state index contributed by atoms with van der Waals surface area (Å²) in [6, 6.07) is 6.51. The second-order valence-corrected chi connectivity index (χ2v) is 6.42. The van der Waals surface area contributed by atoms with Gasteiger partial charge in [-0.1, -0.05) is 12.1 Å². The summed E-state index contributed by atoms with van der Waals surface area (Å²) in [4.78, 5) is 15.9. The number of carbonyl (C=O) groups excluding carboxylic acids is 1. The maximum atomic E-state index is 11.9. The molecule has 6 nitrogen and oxygen atoms in total. The van der Waals surface area contributed by atoms with Crippen molar-refractivity contribution < 1.29 is 17.9 Å². The fourth-order valence-electron chi connectivity index (χ4n) is 2.07. The van der Waals surface area contributed by atoms with Crippen LogP contribution in [0.5, 0.6) is 0 Å². The smallest absolute Gasteiger partial charge is 0.305 e. The number of hydrogen-bond donors (Lipinski definition) is 1. The van der Waals surface area contributed by atoms with Crippen LogP contribution >= 0.6 is 0 Å². The van der Waals surface area contributed by atoms with Crippen LogP contribution in [0.2, 0.25) is 0 Å². The molecular weight excluding hydrogens is 292 g/mol. The SMILES string of the molecule is CCOC(=O)CCC(C)N=C1NS(=O)(=O)c2ccccc21. The highest BCUT2D eigenvalue weighted by atomic mass is 32.2. The number of amidine groups is 1. The van der Waals surface area contributed by atoms with Gasteiger partial charge in [-0.15, -0.1) is 0 Å². The maximum Gasteiger partial charge on any atom is 0.305 e. The summed E-state index contributed by atoms with van der Waals surface area (Å²) in [6.07, 6.45) is 0.770. The molecule has 1 aromatic rings. The van der Waals surface area contributed by atoms with Gasteiger partial charge in [-0.2, -0.15) is 0 Å². The molecule has 1 atom stereocenters. The van der Waals surface area contributed by atoms with Crippen molar-refractivity contribution in [3.63, 3.8) is 0 Å². The van der Waals surface area contributed by atoms with E-state index in [9.17, 15) is 13.2 Å². The van der Waals surface area contributed by atoms with Gasteiger partial charge in [0.1, 0.15) is 5.84 Å². The molecule has 1 N–H and O–H groups in total. The third-order valence-electron chi connectivity index (χ3n) is 3.08. The molecule has 0 spiro atoms. The van der Waals surface area contributed by atoms with E-state index in [0.717, 1.165) is 0 Å². The van der Waals surface area contributed by atoms with Crippen LogP contribution in [0.25, 0.3) is 0 Å². The van der Waals surface area contributed by atoms with Crippen LogP contribution in [-0.2, 0) is 19.6 Å². The first-order chi connectivity index (χ1) is 9.94. The van der Waals surface area contributed by atoms with Crippen LogP contribution < -0.4 is 4.72 Å². The first-order valence-corrected chi connectivity index (χ1v) is 8.28. The largest absolute Gasteiger partial charge is 0.466 e. The van der Waals surface area contributed by atoms with Crippen LogP contribution in [0.3, 0.4) is 0 Å². The van der Waals surface area contributed by atoms with Crippen molar-refractivity contribution in [1.29, 1.82) is 0 Å². The normalized spacial score (nSPS) is 18.9. The Labute approximate surface area is 124 Å². The summed E-state index contributed by atoms with van der Waals surface area (Å²) in [5.74, 6) is 0.0684. The number of nitrogens with one attached hydrogen (secondary N) is 1. The first kappa shape index (κ1) is 15.5. The molecule has 1 unspecified atom stereocenters. The molecule has 0 saturated carbocycles. The van der Waals surface area contributed by atoms with E-state index in [2.05, 4.69) is 9.71 Å². The number of sulfonamides is 1. The van der Waals surface area contributed by atoms with Gasteiger partial charge in [-0.25, -0.2) is 8.42 Å². The van der Waals surface area contributed by atoms with Gasteiger partial charge in [0, 0.05) is 12.0 Å². The summed E-state index contributed by atoms with van der Waals surface area (Å²) in [5.41, 5.74) is 0.570. The molecule has 0 bridgehead atoms. The molecule has 1 aromatic carbocycles. The minimum atomic E-state index is -3.51. The van der Waals surface area contributed by atoms with Gasteiger partial charge < -0.3 is 4.74 Å². The topological polar surface area (TPSA) is 84.8 Å². The number of fused-ring (bicyclic) bond motifs is 1. The number of rotatable bonds is 5. The molecule has 21 heavy (non-hydrogen) atoms. The molecule has 0 aromatic heterocycles. The van der Waals surface area contributed by atoms with Crippen molar-refractivity contribution in [2.75, 3.05) is 6.61 Å². The van der Waals surface area contributed by atoms with Crippen LogP contribution in [0.4, 0.5) is 0 Å². The number of ether oxygens (including phenoxy) is 1. The van der Waals surface area contributed by atoms with Gasteiger partial charge in [0.15, 0.2) is 0 Å².